The lowest BCUT2D eigenvalue weighted by atomic mass is 10.1. The van der Waals surface area contributed by atoms with E-state index in [1.807, 2.05) is 13.8 Å². The lowest BCUT2D eigenvalue weighted by Crippen LogP contribution is -2.34. The van der Waals surface area contributed by atoms with Crippen LogP contribution in [0.1, 0.15) is 59.3 Å². The molecule has 1 heterocycles. The molecule has 0 atom stereocenters. The van der Waals surface area contributed by atoms with Crippen LogP contribution in [0.4, 0.5) is 0 Å². The minimum Gasteiger partial charge on any atom is -0.462 e. The predicted molar refractivity (Wildman–Crippen MR) is 86.5 cm³/mol. The highest BCUT2D eigenvalue weighted by Gasteiger charge is 2.22. The zero-order chi connectivity index (χ0) is 17.6. The van der Waals surface area contributed by atoms with Gasteiger partial charge in [0.1, 0.15) is 5.69 Å². The SMILES string of the molecule is CCOC(=O)c1c(C)[nH]c(C(=O)NCCC(=O)NC(C)C)c1C. The number of amides is 2. The van der Waals surface area contributed by atoms with E-state index in [0.717, 1.165) is 0 Å². The van der Waals surface area contributed by atoms with Crippen molar-refractivity contribution in [1.82, 2.24) is 15.6 Å². The van der Waals surface area contributed by atoms with Gasteiger partial charge in [-0.3, -0.25) is 9.59 Å². The second kappa shape index (κ2) is 8.36. The summed E-state index contributed by atoms with van der Waals surface area (Å²) in [4.78, 5) is 38.5. The fourth-order valence-electron chi connectivity index (χ4n) is 2.26. The lowest BCUT2D eigenvalue weighted by molar-refractivity contribution is -0.121. The van der Waals surface area contributed by atoms with Crippen LogP contribution in [0.15, 0.2) is 0 Å². The Kier molecular flexibility index (Phi) is 6.81. The minimum absolute atomic E-state index is 0.0682. The number of nitrogens with one attached hydrogen (secondary N) is 3. The van der Waals surface area contributed by atoms with E-state index < -0.39 is 5.97 Å². The molecule has 2 amide bonds. The summed E-state index contributed by atoms with van der Waals surface area (Å²) in [7, 11) is 0. The summed E-state index contributed by atoms with van der Waals surface area (Å²) in [6.45, 7) is 9.38. The van der Waals surface area contributed by atoms with Gasteiger partial charge in [0, 0.05) is 24.7 Å². The second-order valence-electron chi connectivity index (χ2n) is 5.57. The van der Waals surface area contributed by atoms with Gasteiger partial charge in [0.05, 0.1) is 12.2 Å². The molecule has 0 radical (unpaired) electrons. The van der Waals surface area contributed by atoms with E-state index in [9.17, 15) is 14.4 Å². The summed E-state index contributed by atoms with van der Waals surface area (Å²) in [5.74, 6) is -0.917. The van der Waals surface area contributed by atoms with Crippen LogP contribution in [0, 0.1) is 13.8 Å². The number of aromatic nitrogens is 1. The molecule has 0 bridgehead atoms. The van der Waals surface area contributed by atoms with E-state index in [-0.39, 0.29) is 37.4 Å². The number of esters is 1. The number of hydrogen-bond acceptors (Lipinski definition) is 4. The summed E-state index contributed by atoms with van der Waals surface area (Å²) >= 11 is 0. The maximum Gasteiger partial charge on any atom is 0.340 e. The Hall–Kier alpha value is -2.31. The molecule has 0 saturated carbocycles. The summed E-state index contributed by atoms with van der Waals surface area (Å²) < 4.78 is 4.99. The van der Waals surface area contributed by atoms with Crippen LogP contribution in [-0.4, -0.2) is 42.0 Å². The van der Waals surface area contributed by atoms with Crippen LogP contribution in [-0.2, 0) is 9.53 Å². The Balaban J connectivity index is 2.69. The Bertz CT molecular complexity index is 590. The molecule has 1 aromatic rings. The van der Waals surface area contributed by atoms with Crippen molar-refractivity contribution in [2.75, 3.05) is 13.2 Å². The quantitative estimate of drug-likeness (QED) is 0.661. The van der Waals surface area contributed by atoms with Crippen molar-refractivity contribution in [1.29, 1.82) is 0 Å². The van der Waals surface area contributed by atoms with Crippen molar-refractivity contribution in [2.24, 2.45) is 0 Å². The van der Waals surface area contributed by atoms with Gasteiger partial charge in [-0.05, 0) is 40.2 Å². The molecule has 3 N–H and O–H groups in total. The average Bonchev–Trinajstić information content (AvgIpc) is 2.73. The molecule has 0 saturated heterocycles. The molecule has 0 aliphatic carbocycles. The second-order valence-corrected chi connectivity index (χ2v) is 5.57. The van der Waals surface area contributed by atoms with Crippen LogP contribution in [0.25, 0.3) is 0 Å². The van der Waals surface area contributed by atoms with Gasteiger partial charge < -0.3 is 20.4 Å². The number of aryl methyl sites for hydroxylation is 1. The number of hydrogen-bond donors (Lipinski definition) is 3. The van der Waals surface area contributed by atoms with Gasteiger partial charge in [-0.2, -0.15) is 0 Å². The molecule has 23 heavy (non-hydrogen) atoms. The molecular weight excluding hydrogens is 298 g/mol. The van der Waals surface area contributed by atoms with E-state index in [1.165, 1.54) is 0 Å². The molecule has 0 aliphatic rings. The van der Waals surface area contributed by atoms with Gasteiger partial charge in [0.25, 0.3) is 5.91 Å². The van der Waals surface area contributed by atoms with E-state index in [1.54, 1.807) is 20.8 Å². The largest absolute Gasteiger partial charge is 0.462 e. The monoisotopic (exact) mass is 323 g/mol. The predicted octanol–water partition coefficient (Wildman–Crippen LogP) is 1.45. The lowest BCUT2D eigenvalue weighted by Gasteiger charge is -2.09. The molecule has 1 rings (SSSR count). The first-order valence-electron chi connectivity index (χ1n) is 7.71. The van der Waals surface area contributed by atoms with Crippen LogP contribution in [0.3, 0.4) is 0 Å². The number of ether oxygens (including phenoxy) is 1. The van der Waals surface area contributed by atoms with Crippen LogP contribution < -0.4 is 10.6 Å². The normalized spacial score (nSPS) is 10.5. The maximum atomic E-state index is 12.2. The third-order valence-electron chi connectivity index (χ3n) is 3.23. The summed E-state index contributed by atoms with van der Waals surface area (Å²) in [5, 5.41) is 5.42. The molecule has 128 valence electrons. The summed E-state index contributed by atoms with van der Waals surface area (Å²) in [5.41, 5.74) is 1.83. The first kappa shape index (κ1) is 18.7. The van der Waals surface area contributed by atoms with Crippen molar-refractivity contribution in [3.63, 3.8) is 0 Å². The van der Waals surface area contributed by atoms with Gasteiger partial charge in [-0.25, -0.2) is 4.79 Å². The van der Waals surface area contributed by atoms with Crippen LogP contribution in [0.5, 0.6) is 0 Å². The molecule has 0 aliphatic heterocycles. The highest BCUT2D eigenvalue weighted by molar-refractivity contribution is 6.00. The highest BCUT2D eigenvalue weighted by atomic mass is 16.5. The average molecular weight is 323 g/mol. The summed E-state index contributed by atoms with van der Waals surface area (Å²) in [6, 6.07) is 0.0682. The molecule has 0 fully saturated rings. The minimum atomic E-state index is -0.450. The molecule has 7 heteroatoms. The number of H-pyrrole nitrogens is 1. The van der Waals surface area contributed by atoms with Gasteiger partial charge >= 0.3 is 5.97 Å². The smallest absolute Gasteiger partial charge is 0.340 e. The first-order valence-corrected chi connectivity index (χ1v) is 7.71. The maximum absolute atomic E-state index is 12.2. The van der Waals surface area contributed by atoms with Crippen molar-refractivity contribution in [3.05, 3.63) is 22.5 Å². The van der Waals surface area contributed by atoms with Crippen LogP contribution in [0.2, 0.25) is 0 Å². The van der Waals surface area contributed by atoms with Crippen molar-refractivity contribution >= 4 is 17.8 Å². The van der Waals surface area contributed by atoms with E-state index in [4.69, 9.17) is 4.74 Å². The zero-order valence-corrected chi connectivity index (χ0v) is 14.3. The standard InChI is InChI=1S/C16H25N3O4/c1-6-23-16(22)13-10(4)14(19-11(13)5)15(21)17-8-7-12(20)18-9(2)3/h9,19H,6-8H2,1-5H3,(H,17,21)(H,18,20). The molecule has 7 nitrogen and oxygen atoms in total. The Morgan fingerprint density at radius 1 is 1.22 bits per heavy atom. The molecule has 0 unspecified atom stereocenters. The number of carbonyl (C=O) groups excluding carboxylic acids is 3. The fourth-order valence-corrected chi connectivity index (χ4v) is 2.26. The topological polar surface area (TPSA) is 100 Å². The number of aromatic amines is 1. The number of rotatable bonds is 7. The van der Waals surface area contributed by atoms with Gasteiger partial charge in [-0.1, -0.05) is 0 Å². The highest BCUT2D eigenvalue weighted by Crippen LogP contribution is 2.19. The van der Waals surface area contributed by atoms with Crippen molar-refractivity contribution in [2.45, 2.75) is 47.1 Å². The fraction of sp³-hybridized carbons (Fsp3) is 0.562. The van der Waals surface area contributed by atoms with Gasteiger partial charge in [-0.15, -0.1) is 0 Å². The third kappa shape index (κ3) is 5.12. The van der Waals surface area contributed by atoms with Crippen molar-refractivity contribution in [3.8, 4) is 0 Å². The summed E-state index contributed by atoms with van der Waals surface area (Å²) in [6.07, 6.45) is 0.202. The Labute approximate surface area is 136 Å². The van der Waals surface area contributed by atoms with Gasteiger partial charge in [0.15, 0.2) is 0 Å². The molecule has 1 aromatic heterocycles. The van der Waals surface area contributed by atoms with Gasteiger partial charge in [0.2, 0.25) is 5.91 Å². The first-order chi connectivity index (χ1) is 10.8. The Morgan fingerprint density at radius 3 is 2.43 bits per heavy atom. The van der Waals surface area contributed by atoms with E-state index in [2.05, 4.69) is 15.6 Å². The molecule has 0 spiro atoms. The van der Waals surface area contributed by atoms with Crippen molar-refractivity contribution < 1.29 is 19.1 Å². The van der Waals surface area contributed by atoms with E-state index >= 15 is 0 Å². The molecule has 0 aromatic carbocycles. The van der Waals surface area contributed by atoms with E-state index in [0.29, 0.717) is 22.5 Å². The third-order valence-corrected chi connectivity index (χ3v) is 3.23. The number of carbonyl (C=O) groups is 3. The zero-order valence-electron chi connectivity index (χ0n) is 14.3. The molecular formula is C16H25N3O4. The van der Waals surface area contributed by atoms with Crippen LogP contribution >= 0.6 is 0 Å². The Morgan fingerprint density at radius 2 is 1.87 bits per heavy atom.